The van der Waals surface area contributed by atoms with Crippen molar-refractivity contribution < 1.29 is 9.53 Å². The number of piperazine rings is 1. The summed E-state index contributed by atoms with van der Waals surface area (Å²) in [5.74, 6) is 0.911. The van der Waals surface area contributed by atoms with E-state index in [2.05, 4.69) is 25.6 Å². The van der Waals surface area contributed by atoms with Crippen molar-refractivity contribution in [2.24, 2.45) is 4.99 Å². The molecule has 0 unspecified atom stereocenters. The van der Waals surface area contributed by atoms with Gasteiger partial charge < -0.3 is 19.9 Å². The average Bonchev–Trinajstić information content (AvgIpc) is 3.04. The van der Waals surface area contributed by atoms with Crippen LogP contribution in [0, 0.1) is 6.92 Å². The third-order valence-electron chi connectivity index (χ3n) is 4.08. The molecule has 0 radical (unpaired) electrons. The summed E-state index contributed by atoms with van der Waals surface area (Å²) in [5.41, 5.74) is 1.11. The molecular weight excluding hydrogens is 465 g/mol. The number of rotatable bonds is 6. The number of unbranched alkanes of at least 4 members (excludes halogenated alkanes) is 1. The highest BCUT2D eigenvalue weighted by Gasteiger charge is 2.23. The SMILES string of the molecule is CCOC(=O)N1CCN(C(=NC)NCCCCc2nc(C)cs2)CC1.I. The van der Waals surface area contributed by atoms with Gasteiger partial charge in [-0.1, -0.05) is 0 Å². The zero-order valence-corrected chi connectivity index (χ0v) is 19.0. The number of hydrogen-bond acceptors (Lipinski definition) is 5. The quantitative estimate of drug-likeness (QED) is 0.285. The fraction of sp³-hybridized carbons (Fsp3) is 0.706. The number of guanidine groups is 1. The molecule has 1 aromatic rings. The summed E-state index contributed by atoms with van der Waals surface area (Å²) < 4.78 is 5.05. The number of halogens is 1. The molecule has 1 aromatic heterocycles. The van der Waals surface area contributed by atoms with Gasteiger partial charge in [-0.25, -0.2) is 9.78 Å². The summed E-state index contributed by atoms with van der Waals surface area (Å²) in [6.45, 7) is 8.07. The maximum atomic E-state index is 11.7. The summed E-state index contributed by atoms with van der Waals surface area (Å²) in [4.78, 5) is 24.5. The minimum absolute atomic E-state index is 0. The number of amides is 1. The van der Waals surface area contributed by atoms with Gasteiger partial charge in [-0.05, 0) is 33.1 Å². The van der Waals surface area contributed by atoms with Crippen molar-refractivity contribution >= 4 is 47.4 Å². The van der Waals surface area contributed by atoms with Crippen LogP contribution in [0.25, 0.3) is 0 Å². The number of thiazole rings is 1. The molecule has 1 amide bonds. The Morgan fingerprint density at radius 3 is 2.58 bits per heavy atom. The smallest absolute Gasteiger partial charge is 0.409 e. The van der Waals surface area contributed by atoms with E-state index in [0.29, 0.717) is 19.7 Å². The first-order valence-corrected chi connectivity index (χ1v) is 9.80. The molecular formula is C17H30IN5O2S. The first-order chi connectivity index (χ1) is 12.1. The monoisotopic (exact) mass is 495 g/mol. The van der Waals surface area contributed by atoms with E-state index in [9.17, 15) is 4.79 Å². The maximum absolute atomic E-state index is 11.7. The van der Waals surface area contributed by atoms with Gasteiger partial charge in [-0.3, -0.25) is 4.99 Å². The summed E-state index contributed by atoms with van der Waals surface area (Å²) >= 11 is 1.74. The number of nitrogens with one attached hydrogen (secondary N) is 1. The van der Waals surface area contributed by atoms with E-state index < -0.39 is 0 Å². The molecule has 1 aliphatic rings. The lowest BCUT2D eigenvalue weighted by Gasteiger charge is -2.35. The van der Waals surface area contributed by atoms with E-state index in [-0.39, 0.29) is 30.1 Å². The number of aryl methyl sites for hydroxylation is 2. The standard InChI is InChI=1S/C17H29N5O2S.HI/c1-4-24-17(23)22-11-9-21(10-12-22)16(18-3)19-8-6-5-7-15-20-14(2)13-25-15;/h13H,4-12H2,1-3H3,(H,18,19);1H. The minimum atomic E-state index is -0.220. The normalized spacial score (nSPS) is 14.8. The van der Waals surface area contributed by atoms with E-state index in [1.807, 2.05) is 13.8 Å². The Bertz CT molecular complexity index is 573. The van der Waals surface area contributed by atoms with Gasteiger partial charge in [0.1, 0.15) is 0 Å². The topological polar surface area (TPSA) is 70.1 Å². The predicted molar refractivity (Wildman–Crippen MR) is 117 cm³/mol. The molecule has 1 saturated heterocycles. The van der Waals surface area contributed by atoms with Gasteiger partial charge in [0.2, 0.25) is 0 Å². The highest BCUT2D eigenvalue weighted by atomic mass is 127. The first-order valence-electron chi connectivity index (χ1n) is 8.92. The first kappa shape index (κ1) is 22.9. The molecule has 1 N–H and O–H groups in total. The maximum Gasteiger partial charge on any atom is 0.409 e. The summed E-state index contributed by atoms with van der Waals surface area (Å²) in [5, 5.41) is 6.75. The number of carbonyl (C=O) groups is 1. The van der Waals surface area contributed by atoms with Crippen LogP contribution >= 0.6 is 35.3 Å². The van der Waals surface area contributed by atoms with Gasteiger partial charge in [-0.15, -0.1) is 35.3 Å². The second-order valence-corrected chi connectivity index (χ2v) is 6.93. The molecule has 0 aliphatic carbocycles. The lowest BCUT2D eigenvalue weighted by atomic mass is 10.2. The third-order valence-corrected chi connectivity index (χ3v) is 5.11. The van der Waals surface area contributed by atoms with E-state index >= 15 is 0 Å². The molecule has 1 fully saturated rings. The molecule has 148 valence electrons. The molecule has 0 aromatic carbocycles. The summed E-state index contributed by atoms with van der Waals surface area (Å²) in [6, 6.07) is 0. The number of aliphatic imine (C=N–C) groups is 1. The second-order valence-electron chi connectivity index (χ2n) is 5.99. The molecule has 0 spiro atoms. The zero-order valence-electron chi connectivity index (χ0n) is 15.9. The van der Waals surface area contributed by atoms with Gasteiger partial charge >= 0.3 is 6.09 Å². The Kier molecular flexibility index (Phi) is 10.9. The van der Waals surface area contributed by atoms with Crippen LogP contribution in [-0.4, -0.2) is 73.2 Å². The van der Waals surface area contributed by atoms with E-state index in [0.717, 1.165) is 50.6 Å². The van der Waals surface area contributed by atoms with Crippen LogP contribution in [0.3, 0.4) is 0 Å². The highest BCUT2D eigenvalue weighted by Crippen LogP contribution is 2.11. The van der Waals surface area contributed by atoms with Crippen molar-refractivity contribution in [2.45, 2.75) is 33.1 Å². The highest BCUT2D eigenvalue weighted by molar-refractivity contribution is 14.0. The molecule has 26 heavy (non-hydrogen) atoms. The van der Waals surface area contributed by atoms with Gasteiger partial charge in [0, 0.05) is 50.8 Å². The summed E-state index contributed by atoms with van der Waals surface area (Å²) in [6.07, 6.45) is 3.02. The van der Waals surface area contributed by atoms with Crippen LogP contribution in [0.1, 0.15) is 30.5 Å². The Balaban J connectivity index is 0.00000338. The Morgan fingerprint density at radius 2 is 2.00 bits per heavy atom. The second kappa shape index (κ2) is 12.3. The van der Waals surface area contributed by atoms with E-state index in [1.165, 1.54) is 5.01 Å². The number of nitrogens with zero attached hydrogens (tertiary/aromatic N) is 4. The van der Waals surface area contributed by atoms with Crippen LogP contribution in [0.2, 0.25) is 0 Å². The molecule has 7 nitrogen and oxygen atoms in total. The van der Waals surface area contributed by atoms with Crippen molar-refractivity contribution in [1.82, 2.24) is 20.1 Å². The van der Waals surface area contributed by atoms with Gasteiger partial charge in [-0.2, -0.15) is 0 Å². The van der Waals surface area contributed by atoms with Crippen LogP contribution in [0.15, 0.2) is 10.4 Å². The Morgan fingerprint density at radius 1 is 1.31 bits per heavy atom. The third kappa shape index (κ3) is 7.26. The number of aromatic nitrogens is 1. The number of ether oxygens (including phenoxy) is 1. The van der Waals surface area contributed by atoms with E-state index in [1.54, 1.807) is 23.3 Å². The largest absolute Gasteiger partial charge is 0.450 e. The molecule has 2 rings (SSSR count). The van der Waals surface area contributed by atoms with E-state index in [4.69, 9.17) is 4.74 Å². The van der Waals surface area contributed by atoms with Crippen LogP contribution in [-0.2, 0) is 11.2 Å². The van der Waals surface area contributed by atoms with Gasteiger partial charge in [0.25, 0.3) is 0 Å². The number of carbonyl (C=O) groups excluding carboxylic acids is 1. The molecule has 1 aliphatic heterocycles. The van der Waals surface area contributed by atoms with Crippen molar-refractivity contribution in [3.8, 4) is 0 Å². The molecule has 2 heterocycles. The Labute approximate surface area is 177 Å². The summed E-state index contributed by atoms with van der Waals surface area (Å²) in [7, 11) is 1.80. The lowest BCUT2D eigenvalue weighted by molar-refractivity contribution is 0.0914. The predicted octanol–water partition coefficient (Wildman–Crippen LogP) is 2.74. The molecule has 0 bridgehead atoms. The van der Waals surface area contributed by atoms with Gasteiger partial charge in [0.15, 0.2) is 5.96 Å². The number of hydrogen-bond donors (Lipinski definition) is 1. The van der Waals surface area contributed by atoms with Gasteiger partial charge in [0.05, 0.1) is 11.6 Å². The van der Waals surface area contributed by atoms with Crippen molar-refractivity contribution in [3.63, 3.8) is 0 Å². The molecule has 0 saturated carbocycles. The zero-order chi connectivity index (χ0) is 18.1. The van der Waals surface area contributed by atoms with Crippen LogP contribution in [0.4, 0.5) is 4.79 Å². The fourth-order valence-electron chi connectivity index (χ4n) is 2.77. The fourth-order valence-corrected chi connectivity index (χ4v) is 3.58. The van der Waals surface area contributed by atoms with Crippen molar-refractivity contribution in [1.29, 1.82) is 0 Å². The van der Waals surface area contributed by atoms with Crippen LogP contribution in [0.5, 0.6) is 0 Å². The van der Waals surface area contributed by atoms with Crippen molar-refractivity contribution in [3.05, 3.63) is 16.1 Å². The lowest BCUT2D eigenvalue weighted by Crippen LogP contribution is -2.54. The average molecular weight is 495 g/mol. The molecule has 9 heteroatoms. The van der Waals surface area contributed by atoms with Crippen LogP contribution < -0.4 is 5.32 Å². The minimum Gasteiger partial charge on any atom is -0.450 e. The molecule has 0 atom stereocenters. The Hall–Kier alpha value is -1.10. The van der Waals surface area contributed by atoms with Crippen molar-refractivity contribution in [2.75, 3.05) is 46.4 Å².